The zero-order valence-corrected chi connectivity index (χ0v) is 78.4. The molecule has 2 aromatic carbocycles. The summed E-state index contributed by atoms with van der Waals surface area (Å²) < 4.78 is -1.61. The van der Waals surface area contributed by atoms with Gasteiger partial charge in [-0.3, -0.25) is 87.5 Å². The van der Waals surface area contributed by atoms with E-state index in [9.17, 15) is 112 Å². The van der Waals surface area contributed by atoms with Gasteiger partial charge in [-0.25, -0.2) is 4.79 Å². The lowest BCUT2D eigenvalue weighted by Gasteiger charge is -2.33. The van der Waals surface area contributed by atoms with Crippen molar-refractivity contribution < 1.29 is 112 Å². The number of thiol groups is 2. The van der Waals surface area contributed by atoms with E-state index in [0.717, 1.165) is 6.92 Å². The highest BCUT2D eigenvalue weighted by atomic mass is 32.1. The van der Waals surface area contributed by atoms with E-state index in [0.29, 0.717) is 17.5 Å². The van der Waals surface area contributed by atoms with Gasteiger partial charge < -0.3 is 161 Å². The predicted octanol–water partition coefficient (Wildman–Crippen LogP) is -9.75. The number of phenols is 2. The summed E-state index contributed by atoms with van der Waals surface area (Å²) in [7, 11) is 0. The minimum Gasteiger partial charge on any atom is -0.508 e. The first-order valence-corrected chi connectivity index (χ1v) is 44.9. The maximum atomic E-state index is 14.9. The van der Waals surface area contributed by atoms with Crippen LogP contribution >= 0.6 is 25.3 Å². The first-order valence-electron chi connectivity index (χ1n) is 43.9. The average Bonchev–Trinajstić information content (AvgIpc) is 1.66. The third-order valence-electron chi connectivity index (χ3n) is 21.9. The molecule has 16 amide bonds. The van der Waals surface area contributed by atoms with Crippen LogP contribution < -0.4 is 125 Å². The number of aliphatic hydroxyl groups excluding tert-OH is 3. The molecule has 0 unspecified atom stereocenters. The summed E-state index contributed by atoms with van der Waals surface area (Å²) in [5, 5.41) is 117. The summed E-state index contributed by atoms with van der Waals surface area (Å²) >= 11 is 8.79. The van der Waals surface area contributed by atoms with E-state index in [-0.39, 0.29) is 114 Å². The van der Waals surface area contributed by atoms with E-state index in [1.54, 1.807) is 41.5 Å². The molecule has 1 aliphatic heterocycles. The standard InChI is InChI=1S/C83H138N26O23S2/c1-10-40(5)61(106-76(127)62(41(6)11-2)105-74(125)58-34-47(114)36-109(58)79(130)60(88)39(3)4)75(126)100-53(32-43-16-20-45(112)21-17-43)71(122)108-64(83(8,9)134)78(129)101-54(35-59(87)115)70(121)96-48(14-12-30-93-81(89)90)65(116)97-52(26-29-86)69(120)107-63(42(7)111)77(128)99-51(25-28-85)68(119)103-56(37-110)72(123)104-57(38-133)73(124)98-50(24-27-84)67(118)95-49(15-13-31-94-82(91)92)66(117)102-55(80(131)132)33-44-18-22-46(113)23-19-44/h16-23,39-42,47-58,60-64,110-114,133-134H,10-15,24-38,84-86,88H2,1-9H3,(H2,87,115)(H,95,118)(H,96,121)(H,97,116)(H,98,124)(H,99,128)(H,100,126)(H,101,129)(H,102,117)(H,103,119)(H,104,123)(H,105,125)(H,106,127)(H,107,120)(H,108,122)(H,131,132)(H4,89,90,93)(H4,91,92,94)/t40-,41-,42+,47+,48-,49-,50-,51+,52-,53-,54-,55-,56-,57-,58-,60-,61-,62-,63-,64+/m0/s1. The molecule has 134 heavy (non-hydrogen) atoms. The van der Waals surface area contributed by atoms with Crippen LogP contribution in [0.15, 0.2) is 48.5 Å². The number of likely N-dealkylation sites (tertiary alicyclic amines) is 1. The SMILES string of the molecule is CC[C@H](C)[C@H](NC(=O)[C@@H](NC(=O)[C@@H]1C[C@@H](O)CN1C(=O)[C@@H](N)C(C)C)[C@@H](C)CC)C(=O)N[C@@H](Cc1ccc(O)cc1)C(=O)N[C@H](C(=O)N[C@@H](CC(N)=O)C(=O)N[C@@H](CCCNC(=N)N)C(=O)N[C@@H](CCN)C(=O)N[C@H](C(=O)N[C@H](CCN)C(=O)N[C@@H](CO)C(=O)N[C@@H](CS)C(=O)N[C@@H](CCN)C(=O)N[C@@H](CCCNC(=N)N)C(=O)N[C@@H](Cc1ccc(O)cc1)C(=O)O)[C@@H](C)O)C(C)(C)S. The quantitative estimate of drug-likeness (QED) is 0.0127. The van der Waals surface area contributed by atoms with E-state index < -0.39 is 269 Å². The average molecular weight is 1930 g/mol. The fourth-order valence-electron chi connectivity index (χ4n) is 13.7. The molecule has 20 atom stereocenters. The zero-order valence-electron chi connectivity index (χ0n) is 76.6. The van der Waals surface area contributed by atoms with Crippen LogP contribution in [0.4, 0.5) is 0 Å². The molecule has 2 aromatic rings. The molecule has 0 radical (unpaired) electrons. The Morgan fingerprint density at radius 3 is 1.22 bits per heavy atom. The van der Waals surface area contributed by atoms with E-state index in [2.05, 4.69) is 110 Å². The number of nitrogens with two attached hydrogens (primary N) is 7. The molecule has 1 saturated heterocycles. The van der Waals surface area contributed by atoms with Gasteiger partial charge in [-0.1, -0.05) is 78.6 Å². The number of carbonyl (C=O) groups is 17. The van der Waals surface area contributed by atoms with Gasteiger partial charge in [0.05, 0.1) is 31.3 Å². The first-order chi connectivity index (χ1) is 62.9. The minimum atomic E-state index is -2.00. The van der Waals surface area contributed by atoms with Gasteiger partial charge in [-0.2, -0.15) is 25.3 Å². The molecule has 750 valence electrons. The van der Waals surface area contributed by atoms with Gasteiger partial charge in [-0.05, 0) is 138 Å². The summed E-state index contributed by atoms with van der Waals surface area (Å²) in [6, 6.07) is -14.8. The van der Waals surface area contributed by atoms with Gasteiger partial charge in [0.15, 0.2) is 11.9 Å². The first kappa shape index (κ1) is 116. The minimum absolute atomic E-state index is 0.0306. The Bertz CT molecular complexity index is 4330. The molecule has 51 heteroatoms. The van der Waals surface area contributed by atoms with Crippen LogP contribution in [0.25, 0.3) is 0 Å². The molecular weight excluding hydrogens is 1790 g/mol. The highest BCUT2D eigenvalue weighted by Crippen LogP contribution is 2.25. The Balaban J connectivity index is 1.90. The van der Waals surface area contributed by atoms with E-state index in [4.69, 9.17) is 51.0 Å². The summed E-state index contributed by atoms with van der Waals surface area (Å²) in [6.07, 6.45) is -5.73. The van der Waals surface area contributed by atoms with Crippen molar-refractivity contribution in [1.82, 2.24) is 90.0 Å². The van der Waals surface area contributed by atoms with E-state index in [1.165, 1.54) is 67.3 Å². The fraction of sp³-hybridized carbons (Fsp3) is 0.627. The molecule has 3 rings (SSSR count). The number of β-amino-alcohol motifs (C(OH)–C–C–N with tert-alkyl or cyclic N) is 1. The van der Waals surface area contributed by atoms with Gasteiger partial charge in [-0.15, -0.1) is 0 Å². The van der Waals surface area contributed by atoms with Crippen molar-refractivity contribution in [2.45, 2.75) is 259 Å². The lowest BCUT2D eigenvalue weighted by Crippen LogP contribution is -2.64. The molecular formula is C83H138N26O23S2. The molecule has 1 heterocycles. The number of primary amides is 1. The number of aliphatic carboxylic acids is 1. The van der Waals surface area contributed by atoms with Crippen LogP contribution in [-0.2, 0) is 94.3 Å². The van der Waals surface area contributed by atoms with Gasteiger partial charge in [0, 0.05) is 49.4 Å². The lowest BCUT2D eigenvalue weighted by molar-refractivity contribution is -0.142. The third kappa shape index (κ3) is 38.9. The Labute approximate surface area is 787 Å². The maximum absolute atomic E-state index is 14.9. The molecule has 1 fully saturated rings. The number of hydrogen-bond donors (Lipinski definition) is 33. The van der Waals surface area contributed by atoms with Crippen LogP contribution in [0, 0.1) is 28.6 Å². The van der Waals surface area contributed by atoms with Gasteiger partial charge in [0.1, 0.15) is 102 Å². The second-order valence-electron chi connectivity index (χ2n) is 33.7. The van der Waals surface area contributed by atoms with E-state index >= 15 is 0 Å². The predicted molar refractivity (Wildman–Crippen MR) is 495 cm³/mol. The number of aromatic hydroxyl groups is 2. The second kappa shape index (κ2) is 57.5. The van der Waals surface area contributed by atoms with Gasteiger partial charge in [0.25, 0.3) is 0 Å². The van der Waals surface area contributed by atoms with Crippen molar-refractivity contribution in [3.63, 3.8) is 0 Å². The van der Waals surface area contributed by atoms with Crippen molar-refractivity contribution >= 4 is 138 Å². The molecule has 0 saturated carbocycles. The summed E-state index contributed by atoms with van der Waals surface area (Å²) in [4.78, 5) is 240. The number of carboxylic acids is 1. The molecule has 49 nitrogen and oxygen atoms in total. The second-order valence-corrected chi connectivity index (χ2v) is 35.2. The van der Waals surface area contributed by atoms with Crippen molar-refractivity contribution in [2.24, 2.45) is 57.9 Å². The number of phenolic OH excluding ortho intramolecular Hbond substituents is 2. The summed E-state index contributed by atoms with van der Waals surface area (Å²) in [5.74, 6) is -21.7. The molecule has 0 aliphatic carbocycles. The number of hydrogen-bond acceptors (Lipinski definition) is 30. The van der Waals surface area contributed by atoms with Crippen molar-refractivity contribution in [3.05, 3.63) is 59.7 Å². The van der Waals surface area contributed by atoms with Gasteiger partial charge in [0.2, 0.25) is 94.5 Å². The fourth-order valence-corrected chi connectivity index (χ4v) is 14.1. The molecule has 0 aromatic heterocycles. The normalized spacial score (nSPS) is 17.1. The number of carbonyl (C=O) groups excluding carboxylic acids is 16. The van der Waals surface area contributed by atoms with Crippen molar-refractivity contribution in [3.8, 4) is 11.5 Å². The highest BCUT2D eigenvalue weighted by Gasteiger charge is 2.46. The Morgan fingerprint density at radius 2 is 0.821 bits per heavy atom. The smallest absolute Gasteiger partial charge is 0.326 e. The van der Waals surface area contributed by atoms with Crippen molar-refractivity contribution in [2.75, 3.05) is 51.6 Å². The van der Waals surface area contributed by atoms with Crippen molar-refractivity contribution in [1.29, 1.82) is 10.8 Å². The van der Waals surface area contributed by atoms with Crippen LogP contribution in [0.1, 0.15) is 144 Å². The summed E-state index contributed by atoms with van der Waals surface area (Å²) in [6.45, 7) is 11.6. The van der Waals surface area contributed by atoms with Crippen LogP contribution in [0.5, 0.6) is 11.5 Å². The Hall–Kier alpha value is -12.0. The summed E-state index contributed by atoms with van der Waals surface area (Å²) in [5.41, 5.74) is 41.1. The monoisotopic (exact) mass is 1930 g/mol. The Morgan fingerprint density at radius 1 is 0.478 bits per heavy atom. The van der Waals surface area contributed by atoms with Gasteiger partial charge >= 0.3 is 5.97 Å². The third-order valence-corrected chi connectivity index (χ3v) is 22.6. The number of carboxylic acid groups (broad SMARTS) is 1. The number of amides is 16. The topological polar surface area (TPSA) is 837 Å². The number of guanidine groups is 2. The number of nitrogens with one attached hydrogen (secondary N) is 18. The molecule has 0 spiro atoms. The zero-order chi connectivity index (χ0) is 101. The molecule has 0 bridgehead atoms. The Kier molecular flexibility index (Phi) is 49.9. The number of rotatable bonds is 59. The lowest BCUT2D eigenvalue weighted by atomic mass is 9.94. The van der Waals surface area contributed by atoms with Crippen LogP contribution in [0.2, 0.25) is 0 Å². The molecule has 1 aliphatic rings. The van der Waals surface area contributed by atoms with Crippen LogP contribution in [-0.4, -0.2) is 313 Å². The van der Waals surface area contributed by atoms with E-state index in [1.807, 2.05) is 0 Å². The van der Waals surface area contributed by atoms with Crippen LogP contribution in [0.3, 0.4) is 0 Å². The highest BCUT2D eigenvalue weighted by molar-refractivity contribution is 7.81. The largest absolute Gasteiger partial charge is 0.508 e. The number of aliphatic hydroxyl groups is 3. The number of benzene rings is 2. The number of nitrogens with zero attached hydrogens (tertiary/aromatic N) is 1. The molecule has 38 N–H and O–H groups in total. The maximum Gasteiger partial charge on any atom is 0.326 e.